The van der Waals surface area contributed by atoms with Crippen LogP contribution in [-0.2, 0) is 0 Å². The first-order valence-electron chi connectivity index (χ1n) is 5.08. The van der Waals surface area contributed by atoms with Crippen molar-refractivity contribution in [3.8, 4) is 0 Å². The van der Waals surface area contributed by atoms with Crippen LogP contribution in [0.4, 0.5) is 11.4 Å². The van der Waals surface area contributed by atoms with Crippen molar-refractivity contribution in [3.05, 3.63) is 32.8 Å². The van der Waals surface area contributed by atoms with E-state index in [0.717, 1.165) is 19.5 Å². The molecule has 1 unspecified atom stereocenters. The van der Waals surface area contributed by atoms with Gasteiger partial charge in [0, 0.05) is 23.1 Å². The first kappa shape index (κ1) is 11.3. The maximum Gasteiger partial charge on any atom is 0.293 e. The quantitative estimate of drug-likeness (QED) is 0.660. The van der Waals surface area contributed by atoms with Crippen LogP contribution in [0.1, 0.15) is 6.42 Å². The van der Waals surface area contributed by atoms with Gasteiger partial charge < -0.3 is 10.6 Å². The summed E-state index contributed by atoms with van der Waals surface area (Å²) in [5.74, 6) is 0. The number of nitro benzene ring substituents is 1. The van der Waals surface area contributed by atoms with E-state index in [9.17, 15) is 10.1 Å². The molecule has 16 heavy (non-hydrogen) atoms. The van der Waals surface area contributed by atoms with Crippen molar-refractivity contribution in [2.24, 2.45) is 0 Å². The van der Waals surface area contributed by atoms with Crippen molar-refractivity contribution in [3.63, 3.8) is 0 Å². The monoisotopic (exact) mass is 285 g/mol. The summed E-state index contributed by atoms with van der Waals surface area (Å²) in [6, 6.07) is 5.34. The minimum absolute atomic E-state index is 0.112. The highest BCUT2D eigenvalue weighted by Gasteiger charge is 2.19. The average Bonchev–Trinajstić information content (AvgIpc) is 2.73. The summed E-state index contributed by atoms with van der Waals surface area (Å²) in [5.41, 5.74) is 0.697. The lowest BCUT2D eigenvalue weighted by molar-refractivity contribution is -0.384. The molecule has 1 fully saturated rings. The summed E-state index contributed by atoms with van der Waals surface area (Å²) in [6.45, 7) is 1.81. The number of hydrogen-bond donors (Lipinski definition) is 2. The zero-order valence-corrected chi connectivity index (χ0v) is 10.2. The number of rotatable bonds is 3. The van der Waals surface area contributed by atoms with Crippen molar-refractivity contribution >= 4 is 27.3 Å². The topological polar surface area (TPSA) is 67.2 Å². The van der Waals surface area contributed by atoms with Gasteiger partial charge in [0.2, 0.25) is 0 Å². The predicted octanol–water partition coefficient (Wildman–Crippen LogP) is 2.13. The standard InChI is InChI=1S/C10H12BrN3O2/c11-7-1-2-9(10(5-7)14(15)16)13-8-3-4-12-6-8/h1-2,5,8,12-13H,3-4,6H2. The van der Waals surface area contributed by atoms with Crippen LogP contribution in [0.5, 0.6) is 0 Å². The van der Waals surface area contributed by atoms with Gasteiger partial charge in [-0.2, -0.15) is 0 Å². The fraction of sp³-hybridized carbons (Fsp3) is 0.400. The molecule has 86 valence electrons. The van der Waals surface area contributed by atoms with E-state index in [2.05, 4.69) is 26.6 Å². The number of benzene rings is 1. The molecular formula is C10H12BrN3O2. The van der Waals surface area contributed by atoms with Gasteiger partial charge in [-0.25, -0.2) is 0 Å². The van der Waals surface area contributed by atoms with Gasteiger partial charge in [0.15, 0.2) is 0 Å². The number of nitrogens with zero attached hydrogens (tertiary/aromatic N) is 1. The molecule has 0 aliphatic carbocycles. The highest BCUT2D eigenvalue weighted by Crippen LogP contribution is 2.28. The second-order valence-corrected chi connectivity index (χ2v) is 4.67. The van der Waals surface area contributed by atoms with Gasteiger partial charge >= 0.3 is 0 Å². The minimum atomic E-state index is -0.366. The van der Waals surface area contributed by atoms with Crippen LogP contribution < -0.4 is 10.6 Å². The molecule has 0 aromatic heterocycles. The highest BCUT2D eigenvalue weighted by molar-refractivity contribution is 9.10. The van der Waals surface area contributed by atoms with Crippen LogP contribution in [0.2, 0.25) is 0 Å². The van der Waals surface area contributed by atoms with Crippen molar-refractivity contribution in [1.82, 2.24) is 5.32 Å². The smallest absolute Gasteiger partial charge is 0.293 e. The summed E-state index contributed by atoms with van der Waals surface area (Å²) in [4.78, 5) is 10.5. The molecule has 1 aliphatic rings. The lowest BCUT2D eigenvalue weighted by atomic mass is 10.2. The third-order valence-corrected chi connectivity index (χ3v) is 3.07. The van der Waals surface area contributed by atoms with E-state index in [4.69, 9.17) is 0 Å². The molecule has 1 atom stereocenters. The van der Waals surface area contributed by atoms with Gasteiger partial charge in [-0.3, -0.25) is 10.1 Å². The van der Waals surface area contributed by atoms with E-state index < -0.39 is 0 Å². The Kier molecular flexibility index (Phi) is 3.40. The normalized spacial score (nSPS) is 19.7. The minimum Gasteiger partial charge on any atom is -0.375 e. The second-order valence-electron chi connectivity index (χ2n) is 3.75. The molecule has 1 aliphatic heterocycles. The highest BCUT2D eigenvalue weighted by atomic mass is 79.9. The van der Waals surface area contributed by atoms with Crippen LogP contribution in [0.15, 0.2) is 22.7 Å². The number of hydrogen-bond acceptors (Lipinski definition) is 4. The first-order chi connectivity index (χ1) is 7.66. The molecular weight excluding hydrogens is 274 g/mol. The number of anilines is 1. The zero-order valence-electron chi connectivity index (χ0n) is 8.57. The molecule has 1 heterocycles. The van der Waals surface area contributed by atoms with Crippen LogP contribution in [0.3, 0.4) is 0 Å². The van der Waals surface area contributed by atoms with Gasteiger partial charge in [0.1, 0.15) is 5.69 Å². The Bertz CT molecular complexity index is 405. The maximum atomic E-state index is 10.9. The molecule has 1 saturated heterocycles. The van der Waals surface area contributed by atoms with Crippen molar-refractivity contribution in [2.45, 2.75) is 12.5 Å². The molecule has 0 bridgehead atoms. The largest absolute Gasteiger partial charge is 0.375 e. The molecule has 0 spiro atoms. The SMILES string of the molecule is O=[N+]([O-])c1cc(Br)ccc1NC1CCNC1. The van der Waals surface area contributed by atoms with E-state index >= 15 is 0 Å². The number of nitro groups is 1. The maximum absolute atomic E-state index is 10.9. The van der Waals surface area contributed by atoms with Gasteiger partial charge in [-0.1, -0.05) is 15.9 Å². The van der Waals surface area contributed by atoms with Crippen LogP contribution >= 0.6 is 15.9 Å². The molecule has 2 N–H and O–H groups in total. The Morgan fingerprint density at radius 3 is 3.00 bits per heavy atom. The van der Waals surface area contributed by atoms with E-state index in [1.807, 2.05) is 0 Å². The van der Waals surface area contributed by atoms with Crippen molar-refractivity contribution in [2.75, 3.05) is 18.4 Å². The first-order valence-corrected chi connectivity index (χ1v) is 5.87. The molecule has 0 radical (unpaired) electrons. The van der Waals surface area contributed by atoms with Crippen LogP contribution in [0.25, 0.3) is 0 Å². The predicted molar refractivity (Wildman–Crippen MR) is 65.7 cm³/mol. The van der Waals surface area contributed by atoms with Crippen LogP contribution in [-0.4, -0.2) is 24.1 Å². The number of halogens is 1. The molecule has 0 amide bonds. The Morgan fingerprint density at radius 2 is 2.38 bits per heavy atom. The molecule has 5 nitrogen and oxygen atoms in total. The Labute approximate surface area is 102 Å². The molecule has 1 aromatic rings. The summed E-state index contributed by atoms with van der Waals surface area (Å²) in [7, 11) is 0. The van der Waals surface area contributed by atoms with E-state index in [0.29, 0.717) is 10.2 Å². The summed E-state index contributed by atoms with van der Waals surface area (Å²) >= 11 is 3.23. The third kappa shape index (κ3) is 2.51. The lowest BCUT2D eigenvalue weighted by Crippen LogP contribution is -2.22. The molecule has 0 saturated carbocycles. The van der Waals surface area contributed by atoms with Gasteiger partial charge in [-0.15, -0.1) is 0 Å². The molecule has 1 aromatic carbocycles. The van der Waals surface area contributed by atoms with Crippen molar-refractivity contribution < 1.29 is 4.92 Å². The fourth-order valence-electron chi connectivity index (χ4n) is 1.78. The Balaban J connectivity index is 2.21. The van der Waals surface area contributed by atoms with Crippen molar-refractivity contribution in [1.29, 1.82) is 0 Å². The van der Waals surface area contributed by atoms with E-state index in [1.54, 1.807) is 12.1 Å². The summed E-state index contributed by atoms with van der Waals surface area (Å²) < 4.78 is 0.717. The summed E-state index contributed by atoms with van der Waals surface area (Å²) in [5, 5.41) is 17.3. The summed E-state index contributed by atoms with van der Waals surface area (Å²) in [6.07, 6.45) is 0.993. The van der Waals surface area contributed by atoms with Gasteiger partial charge in [-0.05, 0) is 25.1 Å². The van der Waals surface area contributed by atoms with Gasteiger partial charge in [0.25, 0.3) is 5.69 Å². The van der Waals surface area contributed by atoms with Gasteiger partial charge in [0.05, 0.1) is 4.92 Å². The second kappa shape index (κ2) is 4.80. The molecule has 6 heteroatoms. The van der Waals surface area contributed by atoms with E-state index in [1.165, 1.54) is 6.07 Å². The molecule has 2 rings (SSSR count). The third-order valence-electron chi connectivity index (χ3n) is 2.58. The number of nitrogens with one attached hydrogen (secondary N) is 2. The average molecular weight is 286 g/mol. The lowest BCUT2D eigenvalue weighted by Gasteiger charge is -2.12. The fourth-order valence-corrected chi connectivity index (χ4v) is 2.12. The Morgan fingerprint density at radius 1 is 1.56 bits per heavy atom. The Hall–Kier alpha value is -1.14. The zero-order chi connectivity index (χ0) is 11.5. The van der Waals surface area contributed by atoms with E-state index in [-0.39, 0.29) is 16.7 Å². The van der Waals surface area contributed by atoms with Crippen LogP contribution in [0, 0.1) is 10.1 Å².